The summed E-state index contributed by atoms with van der Waals surface area (Å²) in [4.78, 5) is 0. The molecule has 1 atom stereocenters. The number of hydrogen-bond acceptors (Lipinski definition) is 3. The van der Waals surface area contributed by atoms with Crippen molar-refractivity contribution in [3.63, 3.8) is 0 Å². The molecule has 0 amide bonds. The van der Waals surface area contributed by atoms with Crippen molar-refractivity contribution in [1.82, 2.24) is 0 Å². The zero-order chi connectivity index (χ0) is 15.2. The fourth-order valence-electron chi connectivity index (χ4n) is 1.99. The van der Waals surface area contributed by atoms with Gasteiger partial charge in [0, 0.05) is 12.7 Å². The molecule has 0 fully saturated rings. The minimum Gasteiger partial charge on any atom is -0.491 e. The fraction of sp³-hybridized carbons (Fsp3) is 0.250. The van der Waals surface area contributed by atoms with Crippen molar-refractivity contribution in [1.29, 1.82) is 0 Å². The molecule has 112 valence electrons. The summed E-state index contributed by atoms with van der Waals surface area (Å²) in [5.41, 5.74) is 8.10. The van der Waals surface area contributed by atoms with E-state index in [1.807, 2.05) is 30.3 Å². The maximum absolute atomic E-state index is 6.33. The van der Waals surface area contributed by atoms with Gasteiger partial charge in [-0.05, 0) is 23.8 Å². The first-order valence-electron chi connectivity index (χ1n) is 6.54. The molecule has 0 spiro atoms. The zero-order valence-electron chi connectivity index (χ0n) is 11.7. The van der Waals surface area contributed by atoms with Crippen molar-refractivity contribution in [2.24, 2.45) is 5.73 Å². The molecular formula is C16H17Cl2NO2. The van der Waals surface area contributed by atoms with Gasteiger partial charge in [-0.15, -0.1) is 0 Å². The molecule has 0 aromatic heterocycles. The summed E-state index contributed by atoms with van der Waals surface area (Å²) in [5, 5.41) is 1.000. The summed E-state index contributed by atoms with van der Waals surface area (Å²) in [5.74, 6) is 0.744. The zero-order valence-corrected chi connectivity index (χ0v) is 13.2. The molecule has 0 saturated heterocycles. The third-order valence-electron chi connectivity index (χ3n) is 3.10. The van der Waals surface area contributed by atoms with Gasteiger partial charge in [-0.3, -0.25) is 0 Å². The third kappa shape index (κ3) is 4.11. The number of para-hydroxylation sites is 1. The molecule has 2 rings (SSSR count). The standard InChI is InChI=1S/C16H17Cl2NO2/c1-20-8-9-21-15-5-3-2-4-12(15)16(19)11-6-7-13(17)14(18)10-11/h2-7,10,16H,8-9,19H2,1H3. The second-order valence-electron chi connectivity index (χ2n) is 4.53. The van der Waals surface area contributed by atoms with Gasteiger partial charge in [0.05, 0.1) is 22.7 Å². The Kier molecular flexibility index (Phi) is 5.88. The number of ether oxygens (including phenoxy) is 2. The number of halogens is 2. The van der Waals surface area contributed by atoms with E-state index in [2.05, 4.69) is 0 Å². The Morgan fingerprint density at radius 3 is 2.52 bits per heavy atom. The van der Waals surface area contributed by atoms with E-state index in [0.717, 1.165) is 16.9 Å². The van der Waals surface area contributed by atoms with Crippen LogP contribution in [0.5, 0.6) is 5.75 Å². The minimum absolute atomic E-state index is 0.335. The van der Waals surface area contributed by atoms with Crippen LogP contribution in [0.15, 0.2) is 42.5 Å². The Balaban J connectivity index is 2.25. The van der Waals surface area contributed by atoms with Crippen LogP contribution in [0.1, 0.15) is 17.2 Å². The van der Waals surface area contributed by atoms with Crippen LogP contribution in [0, 0.1) is 0 Å². The molecule has 21 heavy (non-hydrogen) atoms. The van der Waals surface area contributed by atoms with Crippen LogP contribution in [0.4, 0.5) is 0 Å². The Morgan fingerprint density at radius 2 is 1.81 bits per heavy atom. The van der Waals surface area contributed by atoms with Crippen LogP contribution in [-0.4, -0.2) is 20.3 Å². The van der Waals surface area contributed by atoms with Crippen LogP contribution < -0.4 is 10.5 Å². The van der Waals surface area contributed by atoms with E-state index < -0.39 is 0 Å². The highest BCUT2D eigenvalue weighted by atomic mass is 35.5. The van der Waals surface area contributed by atoms with E-state index >= 15 is 0 Å². The Hall–Kier alpha value is -1.26. The number of rotatable bonds is 6. The lowest BCUT2D eigenvalue weighted by Crippen LogP contribution is -2.14. The number of hydrogen-bond donors (Lipinski definition) is 1. The first-order valence-corrected chi connectivity index (χ1v) is 7.30. The lowest BCUT2D eigenvalue weighted by Gasteiger charge is -2.17. The first-order chi connectivity index (χ1) is 10.1. The molecule has 2 N–H and O–H groups in total. The lowest BCUT2D eigenvalue weighted by atomic mass is 9.99. The second-order valence-corrected chi connectivity index (χ2v) is 5.34. The summed E-state index contributed by atoms with van der Waals surface area (Å²) >= 11 is 12.0. The van der Waals surface area contributed by atoms with Crippen molar-refractivity contribution < 1.29 is 9.47 Å². The Morgan fingerprint density at radius 1 is 1.05 bits per heavy atom. The molecule has 3 nitrogen and oxygen atoms in total. The highest BCUT2D eigenvalue weighted by Crippen LogP contribution is 2.31. The summed E-state index contributed by atoms with van der Waals surface area (Å²) in [7, 11) is 1.64. The van der Waals surface area contributed by atoms with Crippen molar-refractivity contribution in [2.75, 3.05) is 20.3 Å². The molecule has 0 radical (unpaired) electrons. The van der Waals surface area contributed by atoms with E-state index in [-0.39, 0.29) is 6.04 Å². The third-order valence-corrected chi connectivity index (χ3v) is 3.84. The van der Waals surface area contributed by atoms with Crippen molar-refractivity contribution in [2.45, 2.75) is 6.04 Å². The largest absolute Gasteiger partial charge is 0.491 e. The Bertz CT molecular complexity index is 605. The average Bonchev–Trinajstić information content (AvgIpc) is 2.50. The highest BCUT2D eigenvalue weighted by molar-refractivity contribution is 6.42. The van der Waals surface area contributed by atoms with E-state index in [4.69, 9.17) is 38.4 Å². The van der Waals surface area contributed by atoms with E-state index in [1.165, 1.54) is 0 Å². The molecule has 0 aliphatic heterocycles. The summed E-state index contributed by atoms with van der Waals surface area (Å²) < 4.78 is 10.7. The van der Waals surface area contributed by atoms with Crippen molar-refractivity contribution in [3.8, 4) is 5.75 Å². The van der Waals surface area contributed by atoms with Crippen LogP contribution >= 0.6 is 23.2 Å². The monoisotopic (exact) mass is 325 g/mol. The minimum atomic E-state index is -0.335. The maximum Gasteiger partial charge on any atom is 0.124 e. The fourth-order valence-corrected chi connectivity index (χ4v) is 2.30. The summed E-state index contributed by atoms with van der Waals surface area (Å²) in [6, 6.07) is 12.7. The van der Waals surface area contributed by atoms with E-state index in [9.17, 15) is 0 Å². The van der Waals surface area contributed by atoms with Gasteiger partial charge in [0.25, 0.3) is 0 Å². The van der Waals surface area contributed by atoms with Crippen molar-refractivity contribution in [3.05, 3.63) is 63.6 Å². The molecular weight excluding hydrogens is 309 g/mol. The van der Waals surface area contributed by atoms with Gasteiger partial charge in [-0.2, -0.15) is 0 Å². The predicted octanol–water partition coefficient (Wildman–Crippen LogP) is 4.07. The molecule has 2 aromatic carbocycles. The number of benzene rings is 2. The van der Waals surface area contributed by atoms with Gasteiger partial charge < -0.3 is 15.2 Å². The van der Waals surface area contributed by atoms with Gasteiger partial charge in [-0.1, -0.05) is 47.5 Å². The first kappa shape index (κ1) is 16.1. The topological polar surface area (TPSA) is 44.5 Å². The van der Waals surface area contributed by atoms with Gasteiger partial charge in [0.2, 0.25) is 0 Å². The molecule has 0 bridgehead atoms. The van der Waals surface area contributed by atoms with Gasteiger partial charge in [0.1, 0.15) is 12.4 Å². The summed E-state index contributed by atoms with van der Waals surface area (Å²) in [6.07, 6.45) is 0. The van der Waals surface area contributed by atoms with Gasteiger partial charge >= 0.3 is 0 Å². The summed E-state index contributed by atoms with van der Waals surface area (Å²) in [6.45, 7) is 0.998. The van der Waals surface area contributed by atoms with Crippen LogP contribution in [0.25, 0.3) is 0 Å². The van der Waals surface area contributed by atoms with Crippen molar-refractivity contribution >= 4 is 23.2 Å². The predicted molar refractivity (Wildman–Crippen MR) is 86.3 cm³/mol. The van der Waals surface area contributed by atoms with Crippen LogP contribution in [0.2, 0.25) is 10.0 Å². The molecule has 0 saturated carbocycles. The molecule has 0 aliphatic rings. The van der Waals surface area contributed by atoms with Gasteiger partial charge in [-0.25, -0.2) is 0 Å². The molecule has 1 unspecified atom stereocenters. The Labute approximate surface area is 134 Å². The average molecular weight is 326 g/mol. The SMILES string of the molecule is COCCOc1ccccc1C(N)c1ccc(Cl)c(Cl)c1. The van der Waals surface area contributed by atoms with Gasteiger partial charge in [0.15, 0.2) is 0 Å². The molecule has 0 aliphatic carbocycles. The van der Waals surface area contributed by atoms with E-state index in [0.29, 0.717) is 23.3 Å². The highest BCUT2D eigenvalue weighted by Gasteiger charge is 2.15. The molecule has 0 heterocycles. The quantitative estimate of drug-likeness (QED) is 0.814. The molecule has 2 aromatic rings. The van der Waals surface area contributed by atoms with E-state index in [1.54, 1.807) is 19.2 Å². The lowest BCUT2D eigenvalue weighted by molar-refractivity contribution is 0.145. The van der Waals surface area contributed by atoms with Crippen LogP contribution in [0.3, 0.4) is 0 Å². The molecule has 5 heteroatoms. The number of methoxy groups -OCH3 is 1. The van der Waals surface area contributed by atoms with Crippen LogP contribution in [-0.2, 0) is 4.74 Å². The smallest absolute Gasteiger partial charge is 0.124 e. The second kappa shape index (κ2) is 7.66. The normalized spacial score (nSPS) is 12.2. The number of nitrogens with two attached hydrogens (primary N) is 1. The maximum atomic E-state index is 6.33.